The van der Waals surface area contributed by atoms with Gasteiger partial charge < -0.3 is 4.74 Å². The molecule has 102 valence electrons. The van der Waals surface area contributed by atoms with Gasteiger partial charge in [0.1, 0.15) is 11.7 Å². The zero-order chi connectivity index (χ0) is 14.0. The van der Waals surface area contributed by atoms with E-state index >= 15 is 0 Å². The van der Waals surface area contributed by atoms with Gasteiger partial charge in [-0.2, -0.15) is 0 Å². The molecule has 0 aliphatic heterocycles. The minimum Gasteiger partial charge on any atom is -0.494 e. The van der Waals surface area contributed by atoms with E-state index in [9.17, 15) is 4.79 Å². The Morgan fingerprint density at radius 3 is 2.32 bits per heavy atom. The van der Waals surface area contributed by atoms with Gasteiger partial charge in [0.25, 0.3) is 0 Å². The van der Waals surface area contributed by atoms with Crippen LogP contribution >= 0.6 is 0 Å². The number of ether oxygens (including phenoxy) is 1. The summed E-state index contributed by atoms with van der Waals surface area (Å²) in [5.41, 5.74) is 1.93. The maximum Gasteiger partial charge on any atom is 0.177 e. The smallest absolute Gasteiger partial charge is 0.177 e. The molecule has 1 aliphatic carbocycles. The van der Waals surface area contributed by atoms with Crippen LogP contribution < -0.4 is 0 Å². The Morgan fingerprint density at radius 1 is 1.16 bits per heavy atom. The predicted molar refractivity (Wildman–Crippen MR) is 76.9 cm³/mol. The summed E-state index contributed by atoms with van der Waals surface area (Å²) in [4.78, 5) is 12.4. The van der Waals surface area contributed by atoms with Crippen molar-refractivity contribution >= 4 is 5.78 Å². The molecule has 0 spiro atoms. The molecule has 0 radical (unpaired) electrons. The number of carbonyl (C=O) groups excluding carboxylic acids is 1. The third-order valence-corrected chi connectivity index (χ3v) is 3.66. The van der Waals surface area contributed by atoms with E-state index in [1.165, 1.54) is 0 Å². The van der Waals surface area contributed by atoms with Gasteiger partial charge in [0.05, 0.1) is 6.10 Å². The molecule has 0 amide bonds. The van der Waals surface area contributed by atoms with Gasteiger partial charge in [0.2, 0.25) is 0 Å². The third kappa shape index (κ3) is 2.58. The van der Waals surface area contributed by atoms with E-state index in [2.05, 4.69) is 13.8 Å². The molecule has 1 aromatic carbocycles. The van der Waals surface area contributed by atoms with Crippen molar-refractivity contribution in [1.82, 2.24) is 0 Å². The number of hydrogen-bond acceptors (Lipinski definition) is 2. The molecule has 2 atom stereocenters. The molecule has 1 aliphatic rings. The summed E-state index contributed by atoms with van der Waals surface area (Å²) in [6.45, 7) is 8.21. The van der Waals surface area contributed by atoms with Gasteiger partial charge in [-0.3, -0.25) is 4.79 Å². The number of ketones is 1. The first-order valence-corrected chi connectivity index (χ1v) is 7.06. The van der Waals surface area contributed by atoms with Crippen molar-refractivity contribution in [3.63, 3.8) is 0 Å². The van der Waals surface area contributed by atoms with Gasteiger partial charge in [0.15, 0.2) is 5.78 Å². The van der Waals surface area contributed by atoms with Crippen molar-refractivity contribution in [2.75, 3.05) is 0 Å². The molecule has 2 rings (SSSR count). The molecule has 2 heteroatoms. The van der Waals surface area contributed by atoms with Crippen LogP contribution in [0.4, 0.5) is 0 Å². The Hall–Kier alpha value is -1.57. The maximum absolute atomic E-state index is 12.4. The Labute approximate surface area is 115 Å². The molecule has 0 fully saturated rings. The maximum atomic E-state index is 12.4. The van der Waals surface area contributed by atoms with Crippen molar-refractivity contribution in [2.45, 2.75) is 46.1 Å². The highest BCUT2D eigenvalue weighted by molar-refractivity contribution is 6.10. The van der Waals surface area contributed by atoms with Crippen molar-refractivity contribution in [2.24, 2.45) is 5.92 Å². The lowest BCUT2D eigenvalue weighted by Gasteiger charge is -2.35. The Balaban J connectivity index is 2.36. The topological polar surface area (TPSA) is 26.3 Å². The molecule has 0 heterocycles. The third-order valence-electron chi connectivity index (χ3n) is 3.66. The quantitative estimate of drug-likeness (QED) is 0.795. The number of allylic oxidation sites excluding steroid dienone is 2. The lowest BCUT2D eigenvalue weighted by atomic mass is 9.72. The summed E-state index contributed by atoms with van der Waals surface area (Å²) in [6, 6.07) is 9.90. The molecule has 2 unspecified atom stereocenters. The van der Waals surface area contributed by atoms with Crippen LogP contribution in [0.15, 0.2) is 41.7 Å². The van der Waals surface area contributed by atoms with E-state index in [1.54, 1.807) is 0 Å². The average molecular weight is 258 g/mol. The normalized spacial score (nSPS) is 20.5. The van der Waals surface area contributed by atoms with E-state index in [-0.39, 0.29) is 23.7 Å². The Bertz CT molecular complexity index is 485. The lowest BCUT2D eigenvalue weighted by Crippen LogP contribution is -2.35. The number of benzene rings is 1. The summed E-state index contributed by atoms with van der Waals surface area (Å²) >= 11 is 0. The fraction of sp³-hybridized carbons (Fsp3) is 0.471. The van der Waals surface area contributed by atoms with E-state index in [4.69, 9.17) is 4.74 Å². The molecule has 0 saturated carbocycles. The Kier molecular flexibility index (Phi) is 4.08. The molecule has 0 aromatic heterocycles. The van der Waals surface area contributed by atoms with Gasteiger partial charge >= 0.3 is 0 Å². The van der Waals surface area contributed by atoms with Crippen LogP contribution in [0.25, 0.3) is 0 Å². The van der Waals surface area contributed by atoms with E-state index in [0.717, 1.165) is 23.3 Å². The first-order chi connectivity index (χ1) is 9.06. The first kappa shape index (κ1) is 13.9. The average Bonchev–Trinajstić information content (AvgIpc) is 2.39. The summed E-state index contributed by atoms with van der Waals surface area (Å²) < 4.78 is 5.92. The number of hydrogen-bond donors (Lipinski definition) is 0. The minimum absolute atomic E-state index is 0.105. The number of rotatable bonds is 5. The van der Waals surface area contributed by atoms with Crippen LogP contribution in [0.3, 0.4) is 0 Å². The molecular weight excluding hydrogens is 236 g/mol. The summed E-state index contributed by atoms with van der Waals surface area (Å²) in [7, 11) is 0. The zero-order valence-electron chi connectivity index (χ0n) is 12.1. The lowest BCUT2D eigenvalue weighted by molar-refractivity contribution is -0.121. The SMILES string of the molecule is CCC(C)C1=C(OC(C)C)C(c2ccccc2)C1=O. The first-order valence-electron chi connectivity index (χ1n) is 7.06. The van der Waals surface area contributed by atoms with Crippen molar-refractivity contribution in [3.05, 3.63) is 47.2 Å². The summed E-state index contributed by atoms with van der Waals surface area (Å²) in [6.07, 6.45) is 1.07. The van der Waals surface area contributed by atoms with Crippen LogP contribution in [-0.4, -0.2) is 11.9 Å². The standard InChI is InChI=1S/C17H22O2/c1-5-12(4)14-16(18)15(17(14)19-11(2)3)13-9-7-6-8-10-13/h6-12,15H,5H2,1-4H3. The van der Waals surface area contributed by atoms with Crippen molar-refractivity contribution in [3.8, 4) is 0 Å². The Morgan fingerprint density at radius 2 is 1.79 bits per heavy atom. The fourth-order valence-electron chi connectivity index (χ4n) is 2.50. The molecule has 19 heavy (non-hydrogen) atoms. The van der Waals surface area contributed by atoms with Gasteiger partial charge in [-0.1, -0.05) is 44.2 Å². The highest BCUT2D eigenvalue weighted by Crippen LogP contribution is 2.44. The summed E-state index contributed by atoms with van der Waals surface area (Å²) in [5, 5.41) is 0. The molecule has 0 N–H and O–H groups in total. The largest absolute Gasteiger partial charge is 0.494 e. The molecular formula is C17H22O2. The van der Waals surface area contributed by atoms with Crippen molar-refractivity contribution < 1.29 is 9.53 Å². The minimum atomic E-state index is -0.187. The van der Waals surface area contributed by atoms with Crippen LogP contribution in [0.2, 0.25) is 0 Å². The molecule has 0 saturated heterocycles. The monoisotopic (exact) mass is 258 g/mol. The van der Waals surface area contributed by atoms with Crippen LogP contribution in [0.5, 0.6) is 0 Å². The van der Waals surface area contributed by atoms with E-state index in [0.29, 0.717) is 0 Å². The van der Waals surface area contributed by atoms with E-state index < -0.39 is 0 Å². The van der Waals surface area contributed by atoms with Gasteiger partial charge in [0, 0.05) is 5.57 Å². The highest BCUT2D eigenvalue weighted by Gasteiger charge is 2.43. The second kappa shape index (κ2) is 5.60. The van der Waals surface area contributed by atoms with Crippen molar-refractivity contribution in [1.29, 1.82) is 0 Å². The van der Waals surface area contributed by atoms with Crippen LogP contribution in [0.1, 0.15) is 45.6 Å². The number of Topliss-reactive ketones (excluding diaryl/α,β-unsaturated/α-hetero) is 1. The summed E-state index contributed by atoms with van der Waals surface area (Å²) in [5.74, 6) is 1.21. The van der Waals surface area contributed by atoms with Crippen LogP contribution in [-0.2, 0) is 9.53 Å². The molecule has 0 bridgehead atoms. The van der Waals surface area contributed by atoms with Crippen LogP contribution in [0, 0.1) is 5.92 Å². The molecule has 1 aromatic rings. The second-order valence-electron chi connectivity index (χ2n) is 5.46. The number of carbonyl (C=O) groups is 1. The fourth-order valence-corrected chi connectivity index (χ4v) is 2.50. The molecule has 2 nitrogen and oxygen atoms in total. The highest BCUT2D eigenvalue weighted by atomic mass is 16.5. The van der Waals surface area contributed by atoms with E-state index in [1.807, 2.05) is 44.2 Å². The second-order valence-corrected chi connectivity index (χ2v) is 5.46. The predicted octanol–water partition coefficient (Wildman–Crippen LogP) is 4.08. The van der Waals surface area contributed by atoms with Gasteiger partial charge in [-0.15, -0.1) is 0 Å². The zero-order valence-corrected chi connectivity index (χ0v) is 12.1. The van der Waals surface area contributed by atoms with Gasteiger partial charge in [-0.25, -0.2) is 0 Å². The van der Waals surface area contributed by atoms with Gasteiger partial charge in [-0.05, 0) is 31.7 Å².